The number of nitrogens with one attached hydrogen (secondary N) is 2. The first-order valence-corrected chi connectivity index (χ1v) is 8.97. The van der Waals surface area contributed by atoms with Gasteiger partial charge in [0.1, 0.15) is 0 Å². The summed E-state index contributed by atoms with van der Waals surface area (Å²) in [6.07, 6.45) is 1.75. The second-order valence-corrected chi connectivity index (χ2v) is 6.48. The third kappa shape index (κ3) is 3.96. The normalized spacial score (nSPS) is 10.6. The molecular weight excluding hydrogens is 350 g/mol. The molecule has 4 aromatic rings. The van der Waals surface area contributed by atoms with Crippen molar-refractivity contribution in [3.8, 4) is 0 Å². The van der Waals surface area contributed by atoms with Crippen molar-refractivity contribution in [1.82, 2.24) is 20.5 Å². The van der Waals surface area contributed by atoms with Crippen LogP contribution in [0.25, 0.3) is 10.9 Å². The maximum Gasteiger partial charge on any atom is 0.272 e. The first-order valence-electron chi connectivity index (χ1n) is 8.97. The van der Waals surface area contributed by atoms with Gasteiger partial charge >= 0.3 is 0 Å². The maximum atomic E-state index is 12.3. The molecule has 0 saturated carbocycles. The number of hydrogen-bond donors (Lipinski definition) is 2. The Morgan fingerprint density at radius 2 is 1.82 bits per heavy atom. The second kappa shape index (κ2) is 7.84. The highest BCUT2D eigenvalue weighted by atomic mass is 16.1. The van der Waals surface area contributed by atoms with Crippen molar-refractivity contribution >= 4 is 28.3 Å². The summed E-state index contributed by atoms with van der Waals surface area (Å²) in [6, 6.07) is 21.2. The Kier molecular flexibility index (Phi) is 4.93. The van der Waals surface area contributed by atoms with Crippen LogP contribution in [0.15, 0.2) is 72.9 Å². The molecule has 0 spiro atoms. The highest BCUT2D eigenvalue weighted by Crippen LogP contribution is 2.23. The molecule has 0 radical (unpaired) electrons. The minimum atomic E-state index is -0.257. The lowest BCUT2D eigenvalue weighted by Crippen LogP contribution is -2.24. The van der Waals surface area contributed by atoms with Crippen LogP contribution in [0.1, 0.15) is 21.6 Å². The minimum Gasteiger partial charge on any atom is -0.347 e. The monoisotopic (exact) mass is 369 g/mol. The molecule has 1 amide bonds. The number of fused-ring (bicyclic) bond motifs is 1. The lowest BCUT2D eigenvalue weighted by molar-refractivity contribution is 0.0945. The summed E-state index contributed by atoms with van der Waals surface area (Å²) in [6.45, 7) is 2.47. The van der Waals surface area contributed by atoms with Gasteiger partial charge in [-0.2, -0.15) is 0 Å². The molecule has 2 N–H and O–H groups in total. The van der Waals surface area contributed by atoms with Gasteiger partial charge in [0.2, 0.25) is 0 Å². The van der Waals surface area contributed by atoms with Crippen LogP contribution in [0.5, 0.6) is 0 Å². The summed E-state index contributed by atoms with van der Waals surface area (Å²) in [7, 11) is 0. The third-order valence-corrected chi connectivity index (χ3v) is 4.33. The molecule has 0 aliphatic rings. The van der Waals surface area contributed by atoms with Gasteiger partial charge in [0, 0.05) is 18.1 Å². The van der Waals surface area contributed by atoms with Gasteiger partial charge in [-0.3, -0.25) is 9.78 Å². The zero-order valence-corrected chi connectivity index (χ0v) is 15.4. The van der Waals surface area contributed by atoms with Crippen LogP contribution in [-0.4, -0.2) is 21.1 Å². The van der Waals surface area contributed by atoms with Crippen LogP contribution < -0.4 is 10.6 Å². The number of para-hydroxylation sites is 1. The first-order chi connectivity index (χ1) is 13.7. The molecule has 0 saturated heterocycles. The second-order valence-electron chi connectivity index (χ2n) is 6.48. The van der Waals surface area contributed by atoms with Gasteiger partial charge in [-0.05, 0) is 36.8 Å². The molecule has 28 heavy (non-hydrogen) atoms. The quantitative estimate of drug-likeness (QED) is 0.556. The molecule has 0 aliphatic carbocycles. The number of aromatic nitrogens is 3. The van der Waals surface area contributed by atoms with E-state index in [1.807, 2.05) is 61.5 Å². The smallest absolute Gasteiger partial charge is 0.272 e. The van der Waals surface area contributed by atoms with Gasteiger partial charge in [0.15, 0.2) is 11.5 Å². The van der Waals surface area contributed by atoms with Gasteiger partial charge in [-0.25, -0.2) is 0 Å². The molecule has 2 heterocycles. The third-order valence-electron chi connectivity index (χ3n) is 4.33. The molecule has 0 unspecified atom stereocenters. The van der Waals surface area contributed by atoms with Crippen molar-refractivity contribution in [2.24, 2.45) is 0 Å². The molecule has 6 heteroatoms. The summed E-state index contributed by atoms with van der Waals surface area (Å²) in [5.41, 5.74) is 4.16. The number of amides is 1. The number of anilines is 2. The van der Waals surface area contributed by atoms with E-state index in [0.717, 1.165) is 27.7 Å². The maximum absolute atomic E-state index is 12.3. The molecule has 138 valence electrons. The number of hydrogen-bond acceptors (Lipinski definition) is 5. The standard InChI is InChI=1S/C22H19N5O/c1-15-5-2-6-16(13-15)14-24-22(28)19-10-11-20(27-26-19)25-18-9-3-7-17-8-4-12-23-21(17)18/h2-13H,14H2,1H3,(H,24,28)(H,25,27). The molecule has 0 atom stereocenters. The molecule has 0 bridgehead atoms. The number of rotatable bonds is 5. The summed E-state index contributed by atoms with van der Waals surface area (Å²) >= 11 is 0. The molecule has 0 fully saturated rings. The Morgan fingerprint density at radius 1 is 0.964 bits per heavy atom. The number of carbonyl (C=O) groups is 1. The zero-order valence-electron chi connectivity index (χ0n) is 15.4. The van der Waals surface area contributed by atoms with Crippen molar-refractivity contribution in [3.05, 3.63) is 89.7 Å². The predicted molar refractivity (Wildman–Crippen MR) is 109 cm³/mol. The summed E-state index contributed by atoms with van der Waals surface area (Å²) in [5, 5.41) is 15.3. The molecule has 2 aromatic carbocycles. The van der Waals surface area contributed by atoms with E-state index in [9.17, 15) is 4.79 Å². The fourth-order valence-corrected chi connectivity index (χ4v) is 2.96. The lowest BCUT2D eigenvalue weighted by atomic mass is 10.1. The fourth-order valence-electron chi connectivity index (χ4n) is 2.96. The average molecular weight is 369 g/mol. The van der Waals surface area contributed by atoms with Crippen molar-refractivity contribution in [2.75, 3.05) is 5.32 Å². The molecule has 0 aliphatic heterocycles. The van der Waals surface area contributed by atoms with Crippen LogP contribution >= 0.6 is 0 Å². The zero-order chi connectivity index (χ0) is 19.3. The van der Waals surface area contributed by atoms with E-state index in [1.165, 1.54) is 0 Å². The number of aryl methyl sites for hydroxylation is 1. The van der Waals surface area contributed by atoms with Crippen LogP contribution in [-0.2, 0) is 6.54 Å². The fraction of sp³-hybridized carbons (Fsp3) is 0.0909. The largest absolute Gasteiger partial charge is 0.347 e. The van der Waals surface area contributed by atoms with Crippen LogP contribution in [0.3, 0.4) is 0 Å². The predicted octanol–water partition coefficient (Wildman–Crippen LogP) is 4.01. The Morgan fingerprint density at radius 3 is 2.64 bits per heavy atom. The van der Waals surface area contributed by atoms with Crippen LogP contribution in [0.4, 0.5) is 11.5 Å². The van der Waals surface area contributed by atoms with E-state index >= 15 is 0 Å². The number of pyridine rings is 1. The Balaban J connectivity index is 1.44. The summed E-state index contributed by atoms with van der Waals surface area (Å²) in [5.74, 6) is 0.292. The topological polar surface area (TPSA) is 79.8 Å². The van der Waals surface area contributed by atoms with Gasteiger partial charge in [0.05, 0.1) is 11.2 Å². The van der Waals surface area contributed by atoms with Crippen molar-refractivity contribution < 1.29 is 4.79 Å². The van der Waals surface area contributed by atoms with Crippen LogP contribution in [0, 0.1) is 6.92 Å². The first kappa shape index (κ1) is 17.6. The average Bonchev–Trinajstić information content (AvgIpc) is 2.73. The Labute approximate surface area is 162 Å². The van der Waals surface area contributed by atoms with E-state index in [4.69, 9.17) is 0 Å². The van der Waals surface area contributed by atoms with E-state index in [0.29, 0.717) is 12.4 Å². The highest BCUT2D eigenvalue weighted by Gasteiger charge is 2.09. The number of benzene rings is 2. The van der Waals surface area contributed by atoms with E-state index in [2.05, 4.69) is 25.8 Å². The Bertz CT molecular complexity index is 1120. The lowest BCUT2D eigenvalue weighted by Gasteiger charge is -2.09. The van der Waals surface area contributed by atoms with Crippen molar-refractivity contribution in [1.29, 1.82) is 0 Å². The number of nitrogens with zero attached hydrogens (tertiary/aromatic N) is 3. The molecule has 2 aromatic heterocycles. The summed E-state index contributed by atoms with van der Waals surface area (Å²) < 4.78 is 0. The SMILES string of the molecule is Cc1cccc(CNC(=O)c2ccc(Nc3cccc4cccnc34)nn2)c1. The molecule has 6 nitrogen and oxygen atoms in total. The van der Waals surface area contributed by atoms with E-state index in [1.54, 1.807) is 18.3 Å². The number of carbonyl (C=O) groups excluding carboxylic acids is 1. The summed E-state index contributed by atoms with van der Waals surface area (Å²) in [4.78, 5) is 16.7. The van der Waals surface area contributed by atoms with Gasteiger partial charge in [-0.1, -0.05) is 48.0 Å². The Hall–Kier alpha value is -3.80. The van der Waals surface area contributed by atoms with Gasteiger partial charge in [-0.15, -0.1) is 10.2 Å². The molecule has 4 rings (SSSR count). The van der Waals surface area contributed by atoms with Gasteiger partial charge < -0.3 is 10.6 Å². The van der Waals surface area contributed by atoms with E-state index < -0.39 is 0 Å². The van der Waals surface area contributed by atoms with Crippen molar-refractivity contribution in [2.45, 2.75) is 13.5 Å². The van der Waals surface area contributed by atoms with Gasteiger partial charge in [0.25, 0.3) is 5.91 Å². The minimum absolute atomic E-state index is 0.257. The molecular formula is C22H19N5O. The van der Waals surface area contributed by atoms with Crippen LogP contribution in [0.2, 0.25) is 0 Å². The van der Waals surface area contributed by atoms with Crippen molar-refractivity contribution in [3.63, 3.8) is 0 Å². The highest BCUT2D eigenvalue weighted by molar-refractivity contribution is 5.93. The van der Waals surface area contributed by atoms with E-state index in [-0.39, 0.29) is 11.6 Å².